The van der Waals surface area contributed by atoms with E-state index in [1.807, 2.05) is 121 Å². The largest absolute Gasteiger partial charge is 0.480 e. The number of aliphatic carboxylic acids is 1. The number of hydrogen-bond donors (Lipinski definition) is 3. The van der Waals surface area contributed by atoms with Crippen LogP contribution in [0.4, 0.5) is 4.79 Å². The molecule has 0 bridgehead atoms. The standard InChI is InChI=1S/C37H38N6O5/c1-26(2)33(35(45)46)39-34(44)31(38-36(47)48-25-27-15-7-3-8-16-27)23-24-32-40-41-42-43(32)37(28-17-9-4-10-18-28,29-19-11-5-12-20-29)30-21-13-6-14-22-30/h3-22,26,31,33H,23-25H2,1-2H3,(H,38,47)(H,39,44)(H,45,46)/t31-,33-/m0/s1. The van der Waals surface area contributed by atoms with Gasteiger partial charge in [0.2, 0.25) is 5.91 Å². The van der Waals surface area contributed by atoms with Crippen LogP contribution in [0.2, 0.25) is 0 Å². The molecule has 0 saturated carbocycles. The average Bonchev–Trinajstić information content (AvgIpc) is 3.58. The number of benzene rings is 4. The molecule has 1 aromatic heterocycles. The fourth-order valence-corrected chi connectivity index (χ4v) is 5.74. The Morgan fingerprint density at radius 3 is 1.75 bits per heavy atom. The summed E-state index contributed by atoms with van der Waals surface area (Å²) in [6.07, 6.45) is -0.620. The smallest absolute Gasteiger partial charge is 0.408 e. The minimum absolute atomic E-state index is 0.00322. The number of rotatable bonds is 14. The highest BCUT2D eigenvalue weighted by molar-refractivity contribution is 5.89. The maximum Gasteiger partial charge on any atom is 0.408 e. The summed E-state index contributed by atoms with van der Waals surface area (Å²) in [5.74, 6) is -1.78. The first kappa shape index (κ1) is 33.5. The van der Waals surface area contributed by atoms with Crippen LogP contribution in [-0.4, -0.2) is 55.4 Å². The third-order valence-corrected chi connectivity index (χ3v) is 8.13. The summed E-state index contributed by atoms with van der Waals surface area (Å²) >= 11 is 0. The minimum atomic E-state index is -1.17. The molecule has 3 N–H and O–H groups in total. The Morgan fingerprint density at radius 1 is 0.771 bits per heavy atom. The number of carbonyl (C=O) groups excluding carboxylic acids is 2. The molecule has 246 valence electrons. The molecule has 5 aromatic rings. The Morgan fingerprint density at radius 2 is 1.27 bits per heavy atom. The molecule has 0 aliphatic carbocycles. The van der Waals surface area contributed by atoms with Gasteiger partial charge in [0.15, 0.2) is 5.82 Å². The summed E-state index contributed by atoms with van der Waals surface area (Å²) in [5, 5.41) is 28.0. The number of nitrogens with one attached hydrogen (secondary N) is 2. The van der Waals surface area contributed by atoms with E-state index in [9.17, 15) is 19.5 Å². The molecule has 2 amide bonds. The lowest BCUT2D eigenvalue weighted by molar-refractivity contribution is -0.143. The second kappa shape index (κ2) is 15.6. The molecule has 0 unspecified atom stereocenters. The lowest BCUT2D eigenvalue weighted by Gasteiger charge is -2.36. The fraction of sp³-hybridized carbons (Fsp3) is 0.243. The van der Waals surface area contributed by atoms with Gasteiger partial charge < -0.3 is 20.5 Å². The van der Waals surface area contributed by atoms with Crippen LogP contribution in [0.15, 0.2) is 121 Å². The highest BCUT2D eigenvalue weighted by Crippen LogP contribution is 2.40. The maximum absolute atomic E-state index is 13.6. The number of aryl methyl sites for hydroxylation is 1. The van der Waals surface area contributed by atoms with E-state index in [1.54, 1.807) is 18.5 Å². The average molecular weight is 647 g/mol. The Labute approximate surface area is 279 Å². The lowest BCUT2D eigenvalue weighted by Crippen LogP contribution is -2.53. The molecule has 4 aromatic carbocycles. The first-order valence-electron chi connectivity index (χ1n) is 15.8. The molecule has 0 radical (unpaired) electrons. The Bertz CT molecular complexity index is 1690. The number of carbonyl (C=O) groups is 3. The van der Waals surface area contributed by atoms with Crippen molar-refractivity contribution in [3.05, 3.63) is 149 Å². The summed E-state index contributed by atoms with van der Waals surface area (Å²) in [6.45, 7) is 3.39. The lowest BCUT2D eigenvalue weighted by atomic mass is 9.77. The van der Waals surface area contributed by atoms with Crippen molar-refractivity contribution in [2.45, 2.75) is 50.9 Å². The Kier molecular flexibility index (Phi) is 10.9. The molecule has 1 heterocycles. The van der Waals surface area contributed by atoms with E-state index >= 15 is 0 Å². The zero-order valence-corrected chi connectivity index (χ0v) is 26.8. The molecular weight excluding hydrogens is 608 g/mol. The van der Waals surface area contributed by atoms with Crippen LogP contribution in [0.5, 0.6) is 0 Å². The predicted molar refractivity (Wildman–Crippen MR) is 179 cm³/mol. The highest BCUT2D eigenvalue weighted by Gasteiger charge is 2.41. The number of carboxylic acids is 1. The van der Waals surface area contributed by atoms with Crippen molar-refractivity contribution in [3.8, 4) is 0 Å². The maximum atomic E-state index is 13.6. The number of amides is 2. The number of nitrogens with zero attached hydrogens (tertiary/aromatic N) is 4. The monoisotopic (exact) mass is 646 g/mol. The van der Waals surface area contributed by atoms with Gasteiger partial charge in [-0.05, 0) is 45.0 Å². The van der Waals surface area contributed by atoms with E-state index in [0.29, 0.717) is 5.82 Å². The van der Waals surface area contributed by atoms with Crippen LogP contribution in [0, 0.1) is 5.92 Å². The van der Waals surface area contributed by atoms with E-state index in [-0.39, 0.29) is 19.4 Å². The first-order chi connectivity index (χ1) is 23.3. The molecule has 0 aliphatic heterocycles. The number of alkyl carbamates (subject to hydrolysis) is 1. The van der Waals surface area contributed by atoms with Gasteiger partial charge in [-0.25, -0.2) is 14.3 Å². The summed E-state index contributed by atoms with van der Waals surface area (Å²) < 4.78 is 7.16. The zero-order valence-electron chi connectivity index (χ0n) is 26.8. The van der Waals surface area contributed by atoms with Crippen molar-refractivity contribution in [2.75, 3.05) is 0 Å². The van der Waals surface area contributed by atoms with E-state index in [2.05, 4.69) is 26.2 Å². The first-order valence-corrected chi connectivity index (χ1v) is 15.8. The van der Waals surface area contributed by atoms with Crippen LogP contribution in [-0.2, 0) is 32.9 Å². The van der Waals surface area contributed by atoms with Crippen molar-refractivity contribution in [3.63, 3.8) is 0 Å². The molecule has 11 nitrogen and oxygen atoms in total. The molecule has 0 aliphatic rings. The molecule has 11 heteroatoms. The molecular formula is C37H38N6O5. The Balaban J connectivity index is 1.49. The predicted octanol–water partition coefficient (Wildman–Crippen LogP) is 4.97. The topological polar surface area (TPSA) is 148 Å². The van der Waals surface area contributed by atoms with Crippen LogP contribution in [0.1, 0.15) is 48.3 Å². The second-order valence-corrected chi connectivity index (χ2v) is 11.7. The fourth-order valence-electron chi connectivity index (χ4n) is 5.74. The van der Waals surface area contributed by atoms with E-state index < -0.39 is 41.5 Å². The van der Waals surface area contributed by atoms with E-state index in [1.165, 1.54) is 0 Å². The Hall–Kier alpha value is -5.84. The van der Waals surface area contributed by atoms with Gasteiger partial charge in [0, 0.05) is 6.42 Å². The van der Waals surface area contributed by atoms with Crippen LogP contribution < -0.4 is 10.6 Å². The van der Waals surface area contributed by atoms with Crippen molar-refractivity contribution in [1.82, 2.24) is 30.8 Å². The number of carboxylic acid groups (broad SMARTS) is 1. The van der Waals surface area contributed by atoms with Gasteiger partial charge in [-0.3, -0.25) is 4.79 Å². The zero-order chi connectivity index (χ0) is 33.9. The van der Waals surface area contributed by atoms with Gasteiger partial charge in [0.1, 0.15) is 24.2 Å². The van der Waals surface area contributed by atoms with E-state index in [0.717, 1.165) is 22.3 Å². The van der Waals surface area contributed by atoms with Gasteiger partial charge in [-0.2, -0.15) is 0 Å². The summed E-state index contributed by atoms with van der Waals surface area (Å²) in [5.41, 5.74) is 2.52. The molecule has 48 heavy (non-hydrogen) atoms. The SMILES string of the molecule is CC(C)[C@H](NC(=O)[C@H](CCc1nnnn1C(c1ccccc1)(c1ccccc1)c1ccccc1)NC(=O)OCc1ccccc1)C(=O)O. The van der Waals surface area contributed by atoms with Crippen molar-refractivity contribution in [1.29, 1.82) is 0 Å². The molecule has 0 fully saturated rings. The van der Waals surface area contributed by atoms with Crippen molar-refractivity contribution < 1.29 is 24.2 Å². The highest BCUT2D eigenvalue weighted by atomic mass is 16.5. The molecule has 0 spiro atoms. The minimum Gasteiger partial charge on any atom is -0.480 e. The molecule has 5 rings (SSSR count). The van der Waals surface area contributed by atoms with Gasteiger partial charge in [-0.15, -0.1) is 5.10 Å². The normalized spacial score (nSPS) is 12.6. The van der Waals surface area contributed by atoms with Gasteiger partial charge in [0.25, 0.3) is 0 Å². The van der Waals surface area contributed by atoms with Gasteiger partial charge in [-0.1, -0.05) is 135 Å². The number of hydrogen-bond acceptors (Lipinski definition) is 7. The third-order valence-electron chi connectivity index (χ3n) is 8.13. The molecule has 0 saturated heterocycles. The van der Waals surface area contributed by atoms with Gasteiger partial charge in [0.05, 0.1) is 0 Å². The number of ether oxygens (including phenoxy) is 1. The van der Waals surface area contributed by atoms with Crippen LogP contribution in [0.3, 0.4) is 0 Å². The number of aromatic nitrogens is 4. The number of tetrazole rings is 1. The summed E-state index contributed by atoms with van der Waals surface area (Å²) in [7, 11) is 0. The quantitative estimate of drug-likeness (QED) is 0.143. The van der Waals surface area contributed by atoms with Crippen LogP contribution >= 0.6 is 0 Å². The second-order valence-electron chi connectivity index (χ2n) is 11.7. The summed E-state index contributed by atoms with van der Waals surface area (Å²) in [4.78, 5) is 38.5. The van der Waals surface area contributed by atoms with Crippen molar-refractivity contribution in [2.24, 2.45) is 5.92 Å². The van der Waals surface area contributed by atoms with Gasteiger partial charge >= 0.3 is 12.1 Å². The third kappa shape index (κ3) is 7.58. The van der Waals surface area contributed by atoms with Crippen LogP contribution in [0.25, 0.3) is 0 Å². The summed E-state index contributed by atoms with van der Waals surface area (Å²) in [6, 6.07) is 36.5. The van der Waals surface area contributed by atoms with E-state index in [4.69, 9.17) is 4.74 Å². The van der Waals surface area contributed by atoms with Crippen molar-refractivity contribution >= 4 is 18.0 Å². The molecule has 2 atom stereocenters.